The highest BCUT2D eigenvalue weighted by Gasteiger charge is 2.31. The highest BCUT2D eigenvalue weighted by molar-refractivity contribution is 9.10. The smallest absolute Gasteiger partial charge is 0.318 e. The van der Waals surface area contributed by atoms with Gasteiger partial charge in [-0.05, 0) is 43.0 Å². The van der Waals surface area contributed by atoms with Gasteiger partial charge in [-0.2, -0.15) is 5.10 Å². The topological polar surface area (TPSA) is 79.7 Å². The molecule has 0 radical (unpaired) electrons. The van der Waals surface area contributed by atoms with Gasteiger partial charge in [0, 0.05) is 55.0 Å². The second kappa shape index (κ2) is 12.2. The maximum absolute atomic E-state index is 13.6. The van der Waals surface area contributed by atoms with Gasteiger partial charge in [0.05, 0.1) is 17.8 Å². The van der Waals surface area contributed by atoms with E-state index in [9.17, 15) is 14.0 Å². The van der Waals surface area contributed by atoms with Crippen LogP contribution >= 0.6 is 27.5 Å². The third-order valence-electron chi connectivity index (χ3n) is 6.44. The second-order valence-electron chi connectivity index (χ2n) is 9.65. The quantitative estimate of drug-likeness (QED) is 0.363. The van der Waals surface area contributed by atoms with Crippen LogP contribution in [0.25, 0.3) is 0 Å². The molecule has 2 aromatic carbocycles. The van der Waals surface area contributed by atoms with Crippen LogP contribution in [0.2, 0.25) is 5.02 Å². The van der Waals surface area contributed by atoms with Gasteiger partial charge in [0.2, 0.25) is 5.91 Å². The Morgan fingerprint density at radius 1 is 1.32 bits per heavy atom. The molecule has 3 aromatic rings. The SMILES string of the molecule is CC1CCCN(C(=O)C(NC(=O)N(C)Cc2ccc(Br)cc2Oc2ccc(F)c(Cl)c2)c2cnn(C)c2)C1. The summed E-state index contributed by atoms with van der Waals surface area (Å²) in [7, 11) is 3.41. The van der Waals surface area contributed by atoms with Crippen molar-refractivity contribution < 1.29 is 18.7 Å². The molecule has 2 unspecified atom stereocenters. The molecule has 0 aliphatic carbocycles. The molecule has 1 fully saturated rings. The Morgan fingerprint density at radius 2 is 2.11 bits per heavy atom. The zero-order valence-corrected chi connectivity index (χ0v) is 23.8. The van der Waals surface area contributed by atoms with Gasteiger partial charge in [-0.3, -0.25) is 9.48 Å². The highest BCUT2D eigenvalue weighted by atomic mass is 79.9. The van der Waals surface area contributed by atoms with Crippen LogP contribution in [0.1, 0.15) is 36.9 Å². The molecular formula is C27H30BrClFN5O3. The number of amides is 3. The molecule has 0 bridgehead atoms. The zero-order chi connectivity index (χ0) is 27.4. The predicted molar refractivity (Wildman–Crippen MR) is 147 cm³/mol. The Hall–Kier alpha value is -3.11. The van der Waals surface area contributed by atoms with Crippen LogP contribution in [0.3, 0.4) is 0 Å². The molecule has 1 aliphatic rings. The molecule has 1 saturated heterocycles. The van der Waals surface area contributed by atoms with Crippen LogP contribution in [0.15, 0.2) is 53.3 Å². The molecule has 3 amide bonds. The number of aryl methyl sites for hydroxylation is 1. The predicted octanol–water partition coefficient (Wildman–Crippen LogP) is 5.91. The van der Waals surface area contributed by atoms with E-state index in [1.807, 2.05) is 17.0 Å². The van der Waals surface area contributed by atoms with E-state index in [1.54, 1.807) is 37.2 Å². The first-order valence-electron chi connectivity index (χ1n) is 12.3. The molecule has 38 heavy (non-hydrogen) atoms. The number of benzene rings is 2. The number of aromatic nitrogens is 2. The van der Waals surface area contributed by atoms with E-state index in [2.05, 4.69) is 33.3 Å². The van der Waals surface area contributed by atoms with E-state index in [0.717, 1.165) is 17.3 Å². The fourth-order valence-corrected chi connectivity index (χ4v) is 4.94. The molecule has 0 saturated carbocycles. The number of carbonyl (C=O) groups is 2. The molecule has 1 aromatic heterocycles. The van der Waals surface area contributed by atoms with E-state index < -0.39 is 17.9 Å². The molecular weight excluding hydrogens is 577 g/mol. The number of carbonyl (C=O) groups excluding carboxylic acids is 2. The van der Waals surface area contributed by atoms with Crippen LogP contribution < -0.4 is 10.1 Å². The molecule has 11 heteroatoms. The van der Waals surface area contributed by atoms with Crippen molar-refractivity contribution in [3.8, 4) is 11.5 Å². The fraction of sp³-hybridized carbons (Fsp3) is 0.370. The standard InChI is InChI=1S/C27H30BrClFN5O3/c1-17-5-4-10-35(14-17)26(36)25(19-13-31-34(3)16-19)32-27(37)33(2)15-18-6-7-20(28)11-24(18)38-21-8-9-23(30)22(29)12-21/h6-9,11-13,16-17,25H,4-5,10,14-15H2,1-3H3,(H,32,37). The average Bonchev–Trinajstić information content (AvgIpc) is 3.31. The van der Waals surface area contributed by atoms with Crippen LogP contribution in [-0.2, 0) is 18.4 Å². The summed E-state index contributed by atoms with van der Waals surface area (Å²) in [5.41, 5.74) is 1.33. The summed E-state index contributed by atoms with van der Waals surface area (Å²) >= 11 is 9.35. The van der Waals surface area contributed by atoms with Crippen molar-refractivity contribution in [3.05, 3.63) is 75.2 Å². The molecule has 202 valence electrons. The van der Waals surface area contributed by atoms with Crippen molar-refractivity contribution in [2.24, 2.45) is 13.0 Å². The fourth-order valence-electron chi connectivity index (χ4n) is 4.43. The number of hydrogen-bond donors (Lipinski definition) is 1. The summed E-state index contributed by atoms with van der Waals surface area (Å²) in [5.74, 6) is 0.561. The van der Waals surface area contributed by atoms with Gasteiger partial charge in [-0.15, -0.1) is 0 Å². The van der Waals surface area contributed by atoms with Crippen molar-refractivity contribution >= 4 is 39.5 Å². The summed E-state index contributed by atoms with van der Waals surface area (Å²) in [4.78, 5) is 30.1. The van der Waals surface area contributed by atoms with Gasteiger partial charge in [0.15, 0.2) is 0 Å². The van der Waals surface area contributed by atoms with E-state index in [0.29, 0.717) is 41.6 Å². The van der Waals surface area contributed by atoms with Gasteiger partial charge < -0.3 is 19.9 Å². The van der Waals surface area contributed by atoms with Crippen molar-refractivity contribution in [2.45, 2.75) is 32.4 Å². The Kier molecular flexibility index (Phi) is 8.94. The minimum atomic E-state index is -0.856. The summed E-state index contributed by atoms with van der Waals surface area (Å²) in [6.07, 6.45) is 5.36. The number of piperidine rings is 1. The van der Waals surface area contributed by atoms with Crippen molar-refractivity contribution in [3.63, 3.8) is 0 Å². The Morgan fingerprint density at radius 3 is 2.79 bits per heavy atom. The number of hydrogen-bond acceptors (Lipinski definition) is 4. The lowest BCUT2D eigenvalue weighted by Gasteiger charge is -2.34. The maximum atomic E-state index is 13.6. The molecule has 2 heterocycles. The normalized spacial score (nSPS) is 16.2. The third-order valence-corrected chi connectivity index (χ3v) is 7.23. The number of ether oxygens (including phenoxy) is 1. The summed E-state index contributed by atoms with van der Waals surface area (Å²) in [5, 5.41) is 7.05. The molecule has 8 nitrogen and oxygen atoms in total. The van der Waals surface area contributed by atoms with Crippen LogP contribution in [0, 0.1) is 11.7 Å². The maximum Gasteiger partial charge on any atom is 0.318 e. The summed E-state index contributed by atoms with van der Waals surface area (Å²) in [6.45, 7) is 3.65. The molecule has 4 rings (SSSR count). The summed E-state index contributed by atoms with van der Waals surface area (Å²) in [6, 6.07) is 8.25. The Labute approximate surface area is 234 Å². The molecule has 0 spiro atoms. The van der Waals surface area contributed by atoms with E-state index in [1.165, 1.54) is 23.1 Å². The minimum absolute atomic E-state index is 0.0512. The molecule has 1 N–H and O–H groups in total. The van der Waals surface area contributed by atoms with Crippen molar-refractivity contribution in [1.29, 1.82) is 0 Å². The minimum Gasteiger partial charge on any atom is -0.457 e. The first-order valence-corrected chi connectivity index (χ1v) is 13.5. The largest absolute Gasteiger partial charge is 0.457 e. The van der Waals surface area contributed by atoms with Crippen LogP contribution in [0.4, 0.5) is 9.18 Å². The first kappa shape index (κ1) is 27.9. The van der Waals surface area contributed by atoms with Crippen molar-refractivity contribution in [2.75, 3.05) is 20.1 Å². The van der Waals surface area contributed by atoms with Crippen LogP contribution in [-0.4, -0.2) is 51.7 Å². The highest BCUT2D eigenvalue weighted by Crippen LogP contribution is 2.31. The van der Waals surface area contributed by atoms with Gasteiger partial charge in [-0.25, -0.2) is 9.18 Å². The number of rotatable bonds is 7. The van der Waals surface area contributed by atoms with E-state index in [4.69, 9.17) is 16.3 Å². The summed E-state index contributed by atoms with van der Waals surface area (Å²) < 4.78 is 21.9. The molecule has 2 atom stereocenters. The third kappa shape index (κ3) is 6.85. The second-order valence-corrected chi connectivity index (χ2v) is 11.0. The molecule has 1 aliphatic heterocycles. The number of nitrogens with one attached hydrogen (secondary N) is 1. The average molecular weight is 607 g/mol. The van der Waals surface area contributed by atoms with E-state index >= 15 is 0 Å². The van der Waals surface area contributed by atoms with Gasteiger partial charge in [0.25, 0.3) is 0 Å². The number of nitrogens with zero attached hydrogens (tertiary/aromatic N) is 4. The number of likely N-dealkylation sites (tertiary alicyclic amines) is 1. The lowest BCUT2D eigenvalue weighted by molar-refractivity contribution is -0.135. The van der Waals surface area contributed by atoms with Gasteiger partial charge in [-0.1, -0.05) is 40.5 Å². The number of halogens is 3. The first-order chi connectivity index (χ1) is 18.1. The van der Waals surface area contributed by atoms with E-state index in [-0.39, 0.29) is 17.5 Å². The number of urea groups is 1. The Balaban J connectivity index is 1.51. The van der Waals surface area contributed by atoms with Crippen molar-refractivity contribution in [1.82, 2.24) is 24.9 Å². The Bertz CT molecular complexity index is 1320. The lowest BCUT2D eigenvalue weighted by Crippen LogP contribution is -2.48. The lowest BCUT2D eigenvalue weighted by atomic mass is 9.99. The van der Waals surface area contributed by atoms with Crippen LogP contribution in [0.5, 0.6) is 11.5 Å². The zero-order valence-electron chi connectivity index (χ0n) is 21.5. The monoisotopic (exact) mass is 605 g/mol. The van der Waals surface area contributed by atoms with Gasteiger partial charge in [0.1, 0.15) is 23.4 Å². The van der Waals surface area contributed by atoms with Gasteiger partial charge >= 0.3 is 6.03 Å².